The zero-order valence-electron chi connectivity index (χ0n) is 10.7. The fraction of sp³-hybridized carbons (Fsp3) is 0.636. The van der Waals surface area contributed by atoms with Crippen LogP contribution in [-0.2, 0) is 23.1 Å². The van der Waals surface area contributed by atoms with Crippen molar-refractivity contribution >= 4 is 10.0 Å². The summed E-state index contributed by atoms with van der Waals surface area (Å²) in [5.41, 5.74) is 0.979. The van der Waals surface area contributed by atoms with E-state index in [9.17, 15) is 8.42 Å². The molecule has 0 unspecified atom stereocenters. The fourth-order valence-electron chi connectivity index (χ4n) is 1.62. The van der Waals surface area contributed by atoms with Crippen molar-refractivity contribution in [3.05, 3.63) is 18.0 Å². The summed E-state index contributed by atoms with van der Waals surface area (Å²) in [4.78, 5) is 0.345. The Balaban J connectivity index is 2.98. The summed E-state index contributed by atoms with van der Waals surface area (Å²) in [6.45, 7) is 5.83. The maximum absolute atomic E-state index is 11.9. The fourth-order valence-corrected chi connectivity index (χ4v) is 2.81. The van der Waals surface area contributed by atoms with Gasteiger partial charge in [-0.3, -0.25) is 0 Å². The highest BCUT2D eigenvalue weighted by Gasteiger charge is 2.16. The minimum atomic E-state index is -3.35. The number of hydrogen-bond acceptors (Lipinski definition) is 3. The van der Waals surface area contributed by atoms with Gasteiger partial charge < -0.3 is 9.88 Å². The third-order valence-electron chi connectivity index (χ3n) is 2.51. The molecular weight excluding hydrogens is 238 g/mol. The molecule has 1 heterocycles. The van der Waals surface area contributed by atoms with Crippen molar-refractivity contribution in [3.8, 4) is 0 Å². The lowest BCUT2D eigenvalue weighted by molar-refractivity contribution is 0.580. The van der Waals surface area contributed by atoms with Gasteiger partial charge in [-0.1, -0.05) is 6.92 Å². The van der Waals surface area contributed by atoms with Crippen LogP contribution in [0.25, 0.3) is 0 Å². The van der Waals surface area contributed by atoms with Crippen molar-refractivity contribution in [2.75, 3.05) is 13.6 Å². The molecule has 98 valence electrons. The molecule has 0 saturated carbocycles. The molecule has 0 fully saturated rings. The van der Waals surface area contributed by atoms with Gasteiger partial charge in [-0.25, -0.2) is 13.1 Å². The molecule has 0 saturated heterocycles. The van der Waals surface area contributed by atoms with Crippen LogP contribution in [0.5, 0.6) is 0 Å². The Kier molecular flexibility index (Phi) is 5.17. The van der Waals surface area contributed by atoms with Gasteiger partial charge in [0.1, 0.15) is 0 Å². The van der Waals surface area contributed by atoms with Crippen molar-refractivity contribution in [2.45, 2.75) is 38.3 Å². The Hall–Kier alpha value is -0.850. The molecule has 6 heteroatoms. The quantitative estimate of drug-likeness (QED) is 0.765. The molecule has 0 aliphatic carbocycles. The van der Waals surface area contributed by atoms with Crippen LogP contribution >= 0.6 is 0 Å². The van der Waals surface area contributed by atoms with Gasteiger partial charge in [0.05, 0.1) is 4.90 Å². The summed E-state index contributed by atoms with van der Waals surface area (Å²) >= 11 is 0. The van der Waals surface area contributed by atoms with Gasteiger partial charge in [-0.2, -0.15) is 0 Å². The first-order valence-electron chi connectivity index (χ1n) is 5.88. The Morgan fingerprint density at radius 1 is 1.35 bits per heavy atom. The molecule has 0 aliphatic heterocycles. The lowest BCUT2D eigenvalue weighted by Gasteiger charge is -2.03. The van der Waals surface area contributed by atoms with Gasteiger partial charge in [0.2, 0.25) is 10.0 Å². The highest BCUT2D eigenvalue weighted by molar-refractivity contribution is 7.89. The maximum Gasteiger partial charge on any atom is 0.242 e. The summed E-state index contributed by atoms with van der Waals surface area (Å²) in [5, 5.41) is 3.03. The molecule has 0 atom stereocenters. The highest BCUT2D eigenvalue weighted by Crippen LogP contribution is 2.14. The Morgan fingerprint density at radius 2 is 2.06 bits per heavy atom. The summed E-state index contributed by atoms with van der Waals surface area (Å²) in [7, 11) is -1.51. The van der Waals surface area contributed by atoms with Crippen LogP contribution in [0.4, 0.5) is 0 Å². The van der Waals surface area contributed by atoms with Crippen LogP contribution in [0.1, 0.15) is 26.0 Å². The van der Waals surface area contributed by atoms with Crippen LogP contribution in [0, 0.1) is 0 Å². The Morgan fingerprint density at radius 3 is 2.59 bits per heavy atom. The first-order chi connectivity index (χ1) is 8.05. The number of nitrogens with zero attached hydrogens (tertiary/aromatic N) is 1. The van der Waals surface area contributed by atoms with E-state index in [0.717, 1.165) is 18.7 Å². The van der Waals surface area contributed by atoms with Crippen molar-refractivity contribution in [1.82, 2.24) is 14.6 Å². The van der Waals surface area contributed by atoms with Gasteiger partial charge in [-0.15, -0.1) is 0 Å². The molecule has 0 amide bonds. The van der Waals surface area contributed by atoms with E-state index >= 15 is 0 Å². The van der Waals surface area contributed by atoms with E-state index in [1.165, 1.54) is 0 Å². The Bertz CT molecular complexity index is 451. The predicted octanol–water partition coefficient (Wildman–Crippen LogP) is 0.916. The Labute approximate surface area is 103 Å². The number of nitrogens with one attached hydrogen (secondary N) is 2. The number of hydrogen-bond donors (Lipinski definition) is 2. The lowest BCUT2D eigenvalue weighted by Crippen LogP contribution is -2.24. The van der Waals surface area contributed by atoms with Crippen LogP contribution in [0.3, 0.4) is 0 Å². The molecule has 0 spiro atoms. The molecule has 0 bridgehead atoms. The molecule has 0 radical (unpaired) electrons. The van der Waals surface area contributed by atoms with E-state index in [4.69, 9.17) is 0 Å². The maximum atomic E-state index is 11.9. The average Bonchev–Trinajstić information content (AvgIpc) is 2.71. The van der Waals surface area contributed by atoms with Crippen molar-refractivity contribution in [1.29, 1.82) is 0 Å². The molecule has 2 N–H and O–H groups in total. The third kappa shape index (κ3) is 3.55. The molecule has 17 heavy (non-hydrogen) atoms. The predicted molar refractivity (Wildman–Crippen MR) is 68.3 cm³/mol. The molecule has 1 rings (SSSR count). The van der Waals surface area contributed by atoms with Gasteiger partial charge in [-0.05, 0) is 26.5 Å². The van der Waals surface area contributed by atoms with E-state index in [2.05, 4.69) is 10.0 Å². The third-order valence-corrected chi connectivity index (χ3v) is 3.94. The molecule has 0 aromatic carbocycles. The smallest absolute Gasteiger partial charge is 0.242 e. The number of rotatable bonds is 7. The molecule has 0 aliphatic rings. The van der Waals surface area contributed by atoms with Crippen LogP contribution < -0.4 is 10.0 Å². The van der Waals surface area contributed by atoms with Crippen LogP contribution in [0.2, 0.25) is 0 Å². The first-order valence-corrected chi connectivity index (χ1v) is 7.36. The van der Waals surface area contributed by atoms with E-state index in [1.54, 1.807) is 12.3 Å². The van der Waals surface area contributed by atoms with Gasteiger partial charge in [0.25, 0.3) is 0 Å². The van der Waals surface area contributed by atoms with E-state index in [0.29, 0.717) is 18.0 Å². The number of sulfonamides is 1. The lowest BCUT2D eigenvalue weighted by atomic mass is 10.4. The van der Waals surface area contributed by atoms with Crippen LogP contribution in [0.15, 0.2) is 17.2 Å². The zero-order chi connectivity index (χ0) is 12.9. The van der Waals surface area contributed by atoms with Crippen LogP contribution in [-0.4, -0.2) is 26.6 Å². The van der Waals surface area contributed by atoms with Crippen molar-refractivity contribution < 1.29 is 8.42 Å². The molecule has 5 nitrogen and oxygen atoms in total. The minimum absolute atomic E-state index is 0.345. The number of aromatic nitrogens is 1. The summed E-state index contributed by atoms with van der Waals surface area (Å²) in [5.74, 6) is 0. The van der Waals surface area contributed by atoms with E-state index in [1.807, 2.05) is 25.5 Å². The molecule has 1 aromatic heterocycles. The minimum Gasteiger partial charge on any atom is -0.349 e. The summed E-state index contributed by atoms with van der Waals surface area (Å²) in [6.07, 6.45) is 2.47. The van der Waals surface area contributed by atoms with Gasteiger partial charge >= 0.3 is 0 Å². The highest BCUT2D eigenvalue weighted by atomic mass is 32.2. The van der Waals surface area contributed by atoms with E-state index < -0.39 is 10.0 Å². The van der Waals surface area contributed by atoms with Crippen molar-refractivity contribution in [2.24, 2.45) is 0 Å². The van der Waals surface area contributed by atoms with Gasteiger partial charge in [0.15, 0.2) is 0 Å². The second-order valence-electron chi connectivity index (χ2n) is 3.88. The first kappa shape index (κ1) is 14.2. The van der Waals surface area contributed by atoms with E-state index in [-0.39, 0.29) is 0 Å². The summed E-state index contributed by atoms with van der Waals surface area (Å²) < 4.78 is 28.4. The largest absolute Gasteiger partial charge is 0.349 e. The second kappa shape index (κ2) is 6.18. The topological polar surface area (TPSA) is 63.1 Å². The standard InChI is InChI=1S/C11H21N3O2S/c1-4-6-13-17(15,16)11-7-10(8-12-3)14(5-2)9-11/h7,9,12-13H,4-6,8H2,1-3H3. The van der Waals surface area contributed by atoms with Gasteiger partial charge in [0, 0.05) is 31.5 Å². The number of aryl methyl sites for hydroxylation is 1. The second-order valence-corrected chi connectivity index (χ2v) is 5.65. The SMILES string of the molecule is CCCNS(=O)(=O)c1cc(CNC)n(CC)c1. The molecule has 1 aromatic rings. The monoisotopic (exact) mass is 259 g/mol. The zero-order valence-corrected chi connectivity index (χ0v) is 11.5. The average molecular weight is 259 g/mol. The molecular formula is C11H21N3O2S. The summed E-state index contributed by atoms with van der Waals surface area (Å²) in [6, 6.07) is 1.72. The normalized spacial score (nSPS) is 11.9. The van der Waals surface area contributed by atoms with Crippen molar-refractivity contribution in [3.63, 3.8) is 0 Å².